The van der Waals surface area contributed by atoms with Crippen LogP contribution >= 0.6 is 0 Å². The molecule has 0 saturated heterocycles. The Morgan fingerprint density at radius 3 is 2.36 bits per heavy atom. The van der Waals surface area contributed by atoms with Crippen molar-refractivity contribution in [3.8, 4) is 5.75 Å². The molecule has 0 heterocycles. The number of nitrogens with one attached hydrogen (secondary N) is 1. The normalized spacial score (nSPS) is 11.4. The van der Waals surface area contributed by atoms with E-state index in [1.165, 1.54) is 16.4 Å². The second-order valence-electron chi connectivity index (χ2n) is 6.43. The number of carbonyl (C=O) groups excluding carboxylic acids is 1. The highest BCUT2D eigenvalue weighted by atomic mass is 32.2. The molecule has 0 atom stereocenters. The van der Waals surface area contributed by atoms with Crippen LogP contribution in [0.3, 0.4) is 0 Å². The third kappa shape index (κ3) is 6.07. The Hall–Kier alpha value is -2.38. The lowest BCUT2D eigenvalue weighted by atomic mass is 10.2. The molecule has 0 aliphatic heterocycles. The first-order valence-corrected chi connectivity index (χ1v) is 10.9. The van der Waals surface area contributed by atoms with Crippen LogP contribution in [0.4, 0.5) is 5.69 Å². The topological polar surface area (TPSA) is 75.7 Å². The van der Waals surface area contributed by atoms with Crippen molar-refractivity contribution >= 4 is 21.6 Å². The average Bonchev–Trinajstić information content (AvgIpc) is 2.66. The maximum absolute atomic E-state index is 12.5. The van der Waals surface area contributed by atoms with E-state index in [0.29, 0.717) is 38.2 Å². The van der Waals surface area contributed by atoms with Gasteiger partial charge in [-0.25, -0.2) is 8.42 Å². The number of anilines is 1. The van der Waals surface area contributed by atoms with Crippen molar-refractivity contribution in [3.05, 3.63) is 54.1 Å². The molecule has 0 aliphatic rings. The van der Waals surface area contributed by atoms with Gasteiger partial charge in [0.25, 0.3) is 0 Å². The maximum Gasteiger partial charge on any atom is 0.243 e. The first-order chi connectivity index (χ1) is 13.4. The number of hydrogen-bond donors (Lipinski definition) is 1. The molecule has 0 fully saturated rings. The summed E-state index contributed by atoms with van der Waals surface area (Å²) in [6, 6.07) is 14.0. The van der Waals surface area contributed by atoms with Gasteiger partial charge in [-0.15, -0.1) is 0 Å². The fraction of sp³-hybridized carbons (Fsp3) is 0.381. The molecule has 0 aromatic heterocycles. The number of ether oxygens (including phenoxy) is 1. The molecule has 0 spiro atoms. The van der Waals surface area contributed by atoms with Crippen LogP contribution in [0.5, 0.6) is 5.75 Å². The van der Waals surface area contributed by atoms with E-state index < -0.39 is 10.0 Å². The van der Waals surface area contributed by atoms with Gasteiger partial charge in [0.2, 0.25) is 15.9 Å². The van der Waals surface area contributed by atoms with E-state index in [4.69, 9.17) is 4.74 Å². The highest BCUT2D eigenvalue weighted by Crippen LogP contribution is 2.18. The largest absolute Gasteiger partial charge is 0.494 e. The zero-order valence-corrected chi connectivity index (χ0v) is 17.5. The Kier molecular flexibility index (Phi) is 8.02. The first kappa shape index (κ1) is 21.9. The standard InChI is InChI=1S/C21H28N2O4S/c1-4-23(5-2)28(25,26)20-13-11-18(12-14-20)22-21(24)10-7-15-27-19-9-6-8-17(3)16-19/h6,8-9,11-14,16H,4-5,7,10,15H2,1-3H3,(H,22,24). The lowest BCUT2D eigenvalue weighted by Gasteiger charge is -2.18. The van der Waals surface area contributed by atoms with Crippen molar-refractivity contribution in [1.82, 2.24) is 4.31 Å². The molecule has 0 aliphatic carbocycles. The molecular weight excluding hydrogens is 376 g/mol. The average molecular weight is 405 g/mol. The van der Waals surface area contributed by atoms with E-state index in [9.17, 15) is 13.2 Å². The van der Waals surface area contributed by atoms with Crippen LogP contribution in [0.15, 0.2) is 53.4 Å². The number of rotatable bonds is 10. The Morgan fingerprint density at radius 1 is 1.07 bits per heavy atom. The van der Waals surface area contributed by atoms with Gasteiger partial charge in [-0.3, -0.25) is 4.79 Å². The number of aryl methyl sites for hydroxylation is 1. The number of nitrogens with zero attached hydrogens (tertiary/aromatic N) is 1. The molecular formula is C21H28N2O4S. The molecule has 0 saturated carbocycles. The summed E-state index contributed by atoms with van der Waals surface area (Å²) in [7, 11) is -3.49. The van der Waals surface area contributed by atoms with Crippen LogP contribution in [0.1, 0.15) is 32.3 Å². The summed E-state index contributed by atoms with van der Waals surface area (Å²) in [5.74, 6) is 0.664. The molecule has 2 rings (SSSR count). The van der Waals surface area contributed by atoms with Crippen molar-refractivity contribution in [2.24, 2.45) is 0 Å². The van der Waals surface area contributed by atoms with Crippen molar-refractivity contribution in [2.45, 2.75) is 38.5 Å². The second-order valence-corrected chi connectivity index (χ2v) is 8.37. The molecule has 0 radical (unpaired) electrons. The number of carbonyl (C=O) groups is 1. The minimum absolute atomic E-state index is 0.132. The zero-order valence-electron chi connectivity index (χ0n) is 16.6. The van der Waals surface area contributed by atoms with Gasteiger partial charge < -0.3 is 10.1 Å². The van der Waals surface area contributed by atoms with Crippen LogP contribution in [0.25, 0.3) is 0 Å². The number of hydrogen-bond acceptors (Lipinski definition) is 4. The number of benzene rings is 2. The molecule has 1 N–H and O–H groups in total. The van der Waals surface area contributed by atoms with Gasteiger partial charge in [-0.2, -0.15) is 4.31 Å². The van der Waals surface area contributed by atoms with E-state index in [0.717, 1.165) is 11.3 Å². The third-order valence-corrected chi connectivity index (χ3v) is 6.35. The summed E-state index contributed by atoms with van der Waals surface area (Å²) < 4.78 is 32.0. The molecule has 152 valence electrons. The molecule has 6 nitrogen and oxygen atoms in total. The summed E-state index contributed by atoms with van der Waals surface area (Å²) in [5.41, 5.74) is 1.70. The van der Waals surface area contributed by atoms with E-state index in [1.807, 2.05) is 31.2 Å². The highest BCUT2D eigenvalue weighted by Gasteiger charge is 2.21. The molecule has 2 aromatic rings. The van der Waals surface area contributed by atoms with Crippen LogP contribution < -0.4 is 10.1 Å². The molecule has 2 aromatic carbocycles. The van der Waals surface area contributed by atoms with Gasteiger partial charge >= 0.3 is 0 Å². The van der Waals surface area contributed by atoms with Crippen LogP contribution in [-0.4, -0.2) is 38.3 Å². The van der Waals surface area contributed by atoms with Gasteiger partial charge in [0, 0.05) is 25.2 Å². The molecule has 28 heavy (non-hydrogen) atoms. The second kappa shape index (κ2) is 10.2. The Labute approximate surface area is 167 Å². The quantitative estimate of drug-likeness (QED) is 0.611. The molecule has 0 bridgehead atoms. The van der Waals surface area contributed by atoms with Crippen molar-refractivity contribution in [2.75, 3.05) is 25.0 Å². The summed E-state index contributed by atoms with van der Waals surface area (Å²) in [4.78, 5) is 12.3. The van der Waals surface area contributed by atoms with E-state index in [2.05, 4.69) is 5.32 Å². The summed E-state index contributed by atoms with van der Waals surface area (Å²) in [6.45, 7) is 6.90. The number of sulfonamides is 1. The fourth-order valence-electron chi connectivity index (χ4n) is 2.77. The first-order valence-electron chi connectivity index (χ1n) is 9.46. The number of amides is 1. The summed E-state index contributed by atoms with van der Waals surface area (Å²) in [6.07, 6.45) is 0.916. The minimum atomic E-state index is -3.49. The third-order valence-electron chi connectivity index (χ3n) is 4.29. The van der Waals surface area contributed by atoms with Crippen LogP contribution in [0, 0.1) is 6.92 Å². The van der Waals surface area contributed by atoms with Crippen molar-refractivity contribution in [3.63, 3.8) is 0 Å². The van der Waals surface area contributed by atoms with Crippen LogP contribution in [-0.2, 0) is 14.8 Å². The molecule has 7 heteroatoms. The van der Waals surface area contributed by atoms with Gasteiger partial charge in [-0.05, 0) is 55.3 Å². The van der Waals surface area contributed by atoms with E-state index in [-0.39, 0.29) is 10.8 Å². The van der Waals surface area contributed by atoms with Gasteiger partial charge in [0.05, 0.1) is 11.5 Å². The Morgan fingerprint density at radius 2 is 1.75 bits per heavy atom. The smallest absolute Gasteiger partial charge is 0.243 e. The van der Waals surface area contributed by atoms with Gasteiger partial charge in [0.1, 0.15) is 5.75 Å². The fourth-order valence-corrected chi connectivity index (χ4v) is 4.23. The molecule has 1 amide bonds. The lowest BCUT2D eigenvalue weighted by Crippen LogP contribution is -2.30. The van der Waals surface area contributed by atoms with Gasteiger partial charge in [0.15, 0.2) is 0 Å². The van der Waals surface area contributed by atoms with Crippen LogP contribution in [0.2, 0.25) is 0 Å². The SMILES string of the molecule is CCN(CC)S(=O)(=O)c1ccc(NC(=O)CCCOc2cccc(C)c2)cc1. The highest BCUT2D eigenvalue weighted by molar-refractivity contribution is 7.89. The lowest BCUT2D eigenvalue weighted by molar-refractivity contribution is -0.116. The van der Waals surface area contributed by atoms with Crippen molar-refractivity contribution in [1.29, 1.82) is 0 Å². The zero-order chi connectivity index (χ0) is 20.6. The van der Waals surface area contributed by atoms with Gasteiger partial charge in [-0.1, -0.05) is 26.0 Å². The maximum atomic E-state index is 12.5. The Bertz CT molecular complexity index is 876. The summed E-state index contributed by atoms with van der Waals surface area (Å²) in [5, 5.41) is 2.78. The predicted molar refractivity (Wildman–Crippen MR) is 111 cm³/mol. The minimum Gasteiger partial charge on any atom is -0.494 e. The van der Waals surface area contributed by atoms with Crippen molar-refractivity contribution < 1.29 is 17.9 Å². The Balaban J connectivity index is 1.82. The van der Waals surface area contributed by atoms with E-state index in [1.54, 1.807) is 26.0 Å². The monoisotopic (exact) mass is 404 g/mol. The summed E-state index contributed by atoms with van der Waals surface area (Å²) >= 11 is 0. The molecule has 0 unspecified atom stereocenters. The predicted octanol–water partition coefficient (Wildman–Crippen LogP) is 3.82. The van der Waals surface area contributed by atoms with E-state index >= 15 is 0 Å².